The molecule has 92 valence electrons. The molecule has 0 unspecified atom stereocenters. The summed E-state index contributed by atoms with van der Waals surface area (Å²) in [6.07, 6.45) is 5.38. The van der Waals surface area contributed by atoms with Gasteiger partial charge in [-0.05, 0) is 18.3 Å². The smallest absolute Gasteiger partial charge is 0.187 e. The fraction of sp³-hybridized carbons (Fsp3) is 0.0769. The van der Waals surface area contributed by atoms with Gasteiger partial charge in [-0.2, -0.15) is 5.10 Å². The van der Waals surface area contributed by atoms with Crippen LogP contribution >= 0.6 is 12.2 Å². The lowest BCUT2D eigenvalue weighted by Gasteiger charge is -2.02. The van der Waals surface area contributed by atoms with Crippen molar-refractivity contribution in [1.82, 2.24) is 15.7 Å². The highest BCUT2D eigenvalue weighted by Gasteiger charge is 1.99. The molecule has 0 saturated heterocycles. The topological polar surface area (TPSA) is 52.2 Å². The Morgan fingerprint density at radius 1 is 1.44 bits per heavy atom. The average molecular weight is 258 g/mol. The lowest BCUT2D eigenvalue weighted by atomic mass is 10.2. The number of hydrogen-bond acceptors (Lipinski definition) is 2. The van der Waals surface area contributed by atoms with E-state index in [2.05, 4.69) is 27.4 Å². The van der Waals surface area contributed by atoms with Gasteiger partial charge in [0.25, 0.3) is 0 Å². The fourth-order valence-corrected chi connectivity index (χ4v) is 1.70. The van der Waals surface area contributed by atoms with Crippen LogP contribution in [0.1, 0.15) is 5.56 Å². The molecule has 0 radical (unpaired) electrons. The van der Waals surface area contributed by atoms with Crippen molar-refractivity contribution in [1.29, 1.82) is 0 Å². The quantitative estimate of drug-likeness (QED) is 0.341. The first-order valence-electron chi connectivity index (χ1n) is 5.55. The summed E-state index contributed by atoms with van der Waals surface area (Å²) in [6.45, 7) is 4.21. The molecule has 0 aliphatic heterocycles. The molecule has 1 heterocycles. The maximum Gasteiger partial charge on any atom is 0.187 e. The Bertz CT molecular complexity index is 585. The second kappa shape index (κ2) is 5.97. The van der Waals surface area contributed by atoms with Gasteiger partial charge in [0.05, 0.1) is 6.21 Å². The van der Waals surface area contributed by atoms with Crippen molar-refractivity contribution < 1.29 is 0 Å². The number of thiocarbonyl (C=S) groups is 1. The maximum absolute atomic E-state index is 5.02. The van der Waals surface area contributed by atoms with E-state index in [1.54, 1.807) is 12.3 Å². The van der Waals surface area contributed by atoms with Crippen molar-refractivity contribution in [3.05, 3.63) is 48.7 Å². The first kappa shape index (κ1) is 12.3. The standard InChI is InChI=1S/C13H14N4S/c1-2-7-14-13(18)17-16-9-10-8-15-12-6-4-3-5-11(10)12/h2-6,8-9,15H,1,7H2,(H2,14,17,18)/b16-9-. The number of para-hydroxylation sites is 1. The van der Waals surface area contributed by atoms with Gasteiger partial charge in [-0.1, -0.05) is 24.3 Å². The zero-order valence-corrected chi connectivity index (χ0v) is 10.6. The molecule has 1 aromatic heterocycles. The third-order valence-corrected chi connectivity index (χ3v) is 2.63. The predicted octanol–water partition coefficient (Wildman–Crippen LogP) is 2.15. The minimum atomic E-state index is 0.478. The largest absolute Gasteiger partial charge is 0.361 e. The van der Waals surface area contributed by atoms with Crippen molar-refractivity contribution in [3.8, 4) is 0 Å². The first-order chi connectivity index (χ1) is 8.81. The molecule has 4 nitrogen and oxygen atoms in total. The van der Waals surface area contributed by atoms with Crippen LogP contribution in [0.4, 0.5) is 0 Å². The minimum Gasteiger partial charge on any atom is -0.361 e. The highest BCUT2D eigenvalue weighted by molar-refractivity contribution is 7.80. The van der Waals surface area contributed by atoms with Crippen LogP contribution in [0.15, 0.2) is 48.2 Å². The number of nitrogens with zero attached hydrogens (tertiary/aromatic N) is 1. The van der Waals surface area contributed by atoms with Crippen LogP contribution in [0.3, 0.4) is 0 Å². The van der Waals surface area contributed by atoms with Crippen LogP contribution in [0.25, 0.3) is 10.9 Å². The molecule has 5 heteroatoms. The third-order valence-electron chi connectivity index (χ3n) is 2.40. The Morgan fingerprint density at radius 2 is 2.28 bits per heavy atom. The minimum absolute atomic E-state index is 0.478. The lowest BCUT2D eigenvalue weighted by Crippen LogP contribution is -2.31. The van der Waals surface area contributed by atoms with Crippen LogP contribution in [0.5, 0.6) is 0 Å². The summed E-state index contributed by atoms with van der Waals surface area (Å²) in [7, 11) is 0. The number of rotatable bonds is 4. The van der Waals surface area contributed by atoms with Gasteiger partial charge in [0, 0.05) is 29.2 Å². The number of aromatic amines is 1. The van der Waals surface area contributed by atoms with Crippen LogP contribution in [-0.2, 0) is 0 Å². The van der Waals surface area contributed by atoms with Crippen molar-refractivity contribution in [2.45, 2.75) is 0 Å². The van der Waals surface area contributed by atoms with E-state index in [1.807, 2.05) is 30.5 Å². The van der Waals surface area contributed by atoms with E-state index in [4.69, 9.17) is 12.2 Å². The molecule has 3 N–H and O–H groups in total. The van der Waals surface area contributed by atoms with Gasteiger partial charge >= 0.3 is 0 Å². The van der Waals surface area contributed by atoms with Crippen molar-refractivity contribution in [2.75, 3.05) is 6.54 Å². The number of H-pyrrole nitrogens is 1. The van der Waals surface area contributed by atoms with Crippen LogP contribution in [0, 0.1) is 0 Å². The summed E-state index contributed by atoms with van der Waals surface area (Å²) in [5.74, 6) is 0. The summed E-state index contributed by atoms with van der Waals surface area (Å²) in [6, 6.07) is 8.06. The molecule has 2 aromatic rings. The predicted molar refractivity (Wildman–Crippen MR) is 79.8 cm³/mol. The summed E-state index contributed by atoms with van der Waals surface area (Å²) < 4.78 is 0. The maximum atomic E-state index is 5.02. The molecular weight excluding hydrogens is 244 g/mol. The number of fused-ring (bicyclic) bond motifs is 1. The van der Waals surface area contributed by atoms with Gasteiger partial charge in [0.15, 0.2) is 5.11 Å². The third kappa shape index (κ3) is 2.95. The molecule has 0 spiro atoms. The highest BCUT2D eigenvalue weighted by atomic mass is 32.1. The van der Waals surface area contributed by atoms with Gasteiger partial charge < -0.3 is 10.3 Å². The Hall–Kier alpha value is -2.14. The van der Waals surface area contributed by atoms with Crippen molar-refractivity contribution in [3.63, 3.8) is 0 Å². The van der Waals surface area contributed by atoms with Gasteiger partial charge in [-0.3, -0.25) is 5.43 Å². The van der Waals surface area contributed by atoms with Crippen molar-refractivity contribution in [2.24, 2.45) is 5.10 Å². The fourth-order valence-electron chi connectivity index (χ4n) is 1.57. The van der Waals surface area contributed by atoms with E-state index in [0.29, 0.717) is 11.7 Å². The number of hydrazone groups is 1. The Morgan fingerprint density at radius 3 is 3.11 bits per heavy atom. The van der Waals surface area contributed by atoms with E-state index in [9.17, 15) is 0 Å². The van der Waals surface area contributed by atoms with Crippen LogP contribution in [-0.4, -0.2) is 22.9 Å². The van der Waals surface area contributed by atoms with E-state index >= 15 is 0 Å². The zero-order valence-electron chi connectivity index (χ0n) is 9.81. The summed E-state index contributed by atoms with van der Waals surface area (Å²) in [5, 5.41) is 8.62. The molecule has 1 aromatic carbocycles. The zero-order chi connectivity index (χ0) is 12.8. The second-order valence-corrected chi connectivity index (χ2v) is 4.07. The van der Waals surface area contributed by atoms with E-state index in [0.717, 1.165) is 16.5 Å². The highest BCUT2D eigenvalue weighted by Crippen LogP contribution is 2.15. The van der Waals surface area contributed by atoms with E-state index in [-0.39, 0.29) is 0 Å². The Balaban J connectivity index is 2.01. The van der Waals surface area contributed by atoms with Gasteiger partial charge in [0.1, 0.15) is 0 Å². The second-order valence-electron chi connectivity index (χ2n) is 3.66. The van der Waals surface area contributed by atoms with E-state index < -0.39 is 0 Å². The summed E-state index contributed by atoms with van der Waals surface area (Å²) in [4.78, 5) is 3.18. The normalized spacial score (nSPS) is 10.7. The average Bonchev–Trinajstić information content (AvgIpc) is 2.80. The molecular formula is C13H14N4S. The van der Waals surface area contributed by atoms with Gasteiger partial charge in [0.2, 0.25) is 0 Å². The van der Waals surface area contributed by atoms with Crippen molar-refractivity contribution >= 4 is 34.4 Å². The molecule has 0 aliphatic carbocycles. The molecule has 0 fully saturated rings. The van der Waals surface area contributed by atoms with Gasteiger partial charge in [-0.25, -0.2) is 0 Å². The number of aromatic nitrogens is 1. The summed E-state index contributed by atoms with van der Waals surface area (Å²) >= 11 is 5.02. The Kier molecular flexibility index (Phi) is 4.09. The number of nitrogens with one attached hydrogen (secondary N) is 3. The monoisotopic (exact) mass is 258 g/mol. The molecule has 0 amide bonds. The molecule has 2 rings (SSSR count). The molecule has 0 aliphatic rings. The molecule has 0 atom stereocenters. The number of hydrogen-bond donors (Lipinski definition) is 3. The number of benzene rings is 1. The summed E-state index contributed by atoms with van der Waals surface area (Å²) in [5.41, 5.74) is 4.86. The van der Waals surface area contributed by atoms with E-state index in [1.165, 1.54) is 0 Å². The lowest BCUT2D eigenvalue weighted by molar-refractivity contribution is 0.942. The SMILES string of the molecule is C=CCNC(=S)N/N=C\c1c[nH]c2ccccc12. The van der Waals surface area contributed by atoms with Crippen LogP contribution < -0.4 is 10.7 Å². The Labute approximate surface area is 111 Å². The molecule has 18 heavy (non-hydrogen) atoms. The van der Waals surface area contributed by atoms with Crippen LogP contribution in [0.2, 0.25) is 0 Å². The molecule has 0 bridgehead atoms. The molecule has 0 saturated carbocycles. The first-order valence-corrected chi connectivity index (χ1v) is 5.96. The van der Waals surface area contributed by atoms with Gasteiger partial charge in [-0.15, -0.1) is 6.58 Å².